The number of amides is 2. The van der Waals surface area contributed by atoms with Gasteiger partial charge in [-0.05, 0) is 49.9 Å². The number of primary amides is 2. The highest BCUT2D eigenvalue weighted by Crippen LogP contribution is 2.37. The zero-order valence-electron chi connectivity index (χ0n) is 21.2. The lowest BCUT2D eigenvalue weighted by molar-refractivity contribution is -0.181. The molecule has 2 aromatic rings. The number of hydrogen-bond donors (Lipinski definition) is 4. The second-order valence-electron chi connectivity index (χ2n) is 9.52. The minimum atomic E-state index is -3.93. The molecular weight excluding hydrogens is 524 g/mol. The van der Waals surface area contributed by atoms with Gasteiger partial charge in [0.25, 0.3) is 0 Å². The third-order valence-electron chi connectivity index (χ3n) is 6.76. The Morgan fingerprint density at radius 2 is 0.974 bits per heavy atom. The Hall–Kier alpha value is -3.70. The van der Waals surface area contributed by atoms with Crippen molar-refractivity contribution in [3.8, 4) is 0 Å². The molecule has 0 unspecified atom stereocenters. The number of alkyl halides is 4. The number of carbonyl (C=O) groups is 4. The van der Waals surface area contributed by atoms with Crippen LogP contribution in [-0.4, -0.2) is 46.3 Å². The smallest absolute Gasteiger partial charge is 0.391 e. The van der Waals surface area contributed by atoms with Crippen molar-refractivity contribution in [2.24, 2.45) is 17.4 Å². The van der Waals surface area contributed by atoms with Crippen molar-refractivity contribution in [2.75, 3.05) is 0 Å². The number of carbonyl (C=O) groups excluding carboxylic acids is 2. The van der Waals surface area contributed by atoms with E-state index in [4.69, 9.17) is 11.5 Å². The summed E-state index contributed by atoms with van der Waals surface area (Å²) in [5.74, 6) is -5.70. The van der Waals surface area contributed by atoms with Crippen molar-refractivity contribution in [2.45, 2.75) is 76.6 Å². The Balaban J connectivity index is 0.000000256. The number of aromatic carboxylic acids is 2. The van der Waals surface area contributed by atoms with Crippen LogP contribution < -0.4 is 11.5 Å². The van der Waals surface area contributed by atoms with E-state index in [0.717, 1.165) is 69.2 Å². The third-order valence-corrected chi connectivity index (χ3v) is 6.76. The highest BCUT2D eigenvalue weighted by Gasteiger charge is 2.39. The van der Waals surface area contributed by atoms with Crippen molar-refractivity contribution in [3.63, 3.8) is 0 Å². The number of fused-ring (bicyclic) bond motifs is 1. The molecule has 2 amide bonds. The summed E-state index contributed by atoms with van der Waals surface area (Å²) in [4.78, 5) is 45.7. The Bertz CT molecular complexity index is 1070. The molecule has 0 spiro atoms. The van der Waals surface area contributed by atoms with E-state index in [9.17, 15) is 47.0 Å². The Kier molecular flexibility index (Phi) is 11.2. The zero-order chi connectivity index (χ0) is 29.3. The normalized spacial score (nSPS) is 16.3. The van der Waals surface area contributed by atoms with Gasteiger partial charge >= 0.3 is 18.1 Å². The van der Waals surface area contributed by atoms with Crippen LogP contribution in [0.25, 0.3) is 10.8 Å². The van der Waals surface area contributed by atoms with Crippen LogP contribution in [0.2, 0.25) is 0 Å². The molecule has 12 heteroatoms. The van der Waals surface area contributed by atoms with E-state index >= 15 is 0 Å². The van der Waals surface area contributed by atoms with E-state index in [1.165, 1.54) is 6.42 Å². The molecule has 0 radical (unpaired) electrons. The molecule has 2 aliphatic rings. The summed E-state index contributed by atoms with van der Waals surface area (Å²) in [5.41, 5.74) is 9.30. The second-order valence-corrected chi connectivity index (χ2v) is 9.52. The first-order valence-corrected chi connectivity index (χ1v) is 12.6. The number of carboxylic acids is 2. The first-order valence-electron chi connectivity index (χ1n) is 12.6. The second kappa shape index (κ2) is 13.9. The highest BCUT2D eigenvalue weighted by molar-refractivity contribution is 6.22. The molecule has 4 rings (SSSR count). The first-order chi connectivity index (χ1) is 18.3. The van der Waals surface area contributed by atoms with Gasteiger partial charge in [-0.1, -0.05) is 38.5 Å². The fourth-order valence-electron chi connectivity index (χ4n) is 4.75. The largest absolute Gasteiger partial charge is 0.478 e. The van der Waals surface area contributed by atoms with Crippen LogP contribution in [-0.2, 0) is 0 Å². The summed E-state index contributed by atoms with van der Waals surface area (Å²) >= 11 is 0. The van der Waals surface area contributed by atoms with Gasteiger partial charge < -0.3 is 21.7 Å². The molecule has 0 aliphatic heterocycles. The molecule has 0 heterocycles. The monoisotopic (exact) mass is 556 g/mol. The molecule has 6 N–H and O–H groups in total. The van der Waals surface area contributed by atoms with E-state index in [1.807, 2.05) is 0 Å². The van der Waals surface area contributed by atoms with Crippen LogP contribution in [0.3, 0.4) is 0 Å². The maximum absolute atomic E-state index is 12.2. The fourth-order valence-corrected chi connectivity index (χ4v) is 4.75. The Morgan fingerprint density at radius 1 is 0.641 bits per heavy atom. The minimum Gasteiger partial charge on any atom is -0.478 e. The summed E-state index contributed by atoms with van der Waals surface area (Å²) in [7, 11) is 0. The lowest BCUT2D eigenvalue weighted by Crippen LogP contribution is -2.24. The first kappa shape index (κ1) is 31.5. The maximum Gasteiger partial charge on any atom is 0.391 e. The van der Waals surface area contributed by atoms with Gasteiger partial charge in [0, 0.05) is 21.9 Å². The van der Waals surface area contributed by atoms with Gasteiger partial charge in [-0.3, -0.25) is 9.59 Å². The fraction of sp³-hybridized carbons (Fsp3) is 0.481. The number of hydrogen-bond acceptors (Lipinski definition) is 4. The van der Waals surface area contributed by atoms with Crippen molar-refractivity contribution in [3.05, 3.63) is 46.5 Å². The Labute approximate surface area is 222 Å². The van der Waals surface area contributed by atoms with Crippen LogP contribution in [0.1, 0.15) is 106 Å². The molecule has 8 nitrogen and oxygen atoms in total. The molecule has 0 aromatic heterocycles. The average Bonchev–Trinajstić information content (AvgIpc) is 2.88. The van der Waals surface area contributed by atoms with E-state index in [2.05, 4.69) is 0 Å². The van der Waals surface area contributed by atoms with Gasteiger partial charge in [0.05, 0.1) is 17.0 Å². The third kappa shape index (κ3) is 8.66. The summed E-state index contributed by atoms with van der Waals surface area (Å²) in [5, 5.41) is 18.0. The standard InChI is InChI=1S/C14H10N2O6.C7H11F3.C6H11F/c15-11(17)5-1-3-7(13(19)20)10-6(12(16)18)2-4-8(9(5)10)14(21)22;8-7(9,10)6-4-2-1-3-5-6;7-6-4-2-1-3-5-6/h1-4H,(H2,15,17)(H2,16,18)(H,19,20)(H,21,22);6H,1-5H2;6H,1-5H2. The summed E-state index contributed by atoms with van der Waals surface area (Å²) < 4.78 is 48.0. The van der Waals surface area contributed by atoms with Crippen LogP contribution in [0.15, 0.2) is 24.3 Å². The minimum absolute atomic E-state index is 0.208. The Morgan fingerprint density at radius 3 is 1.21 bits per heavy atom. The average molecular weight is 557 g/mol. The van der Waals surface area contributed by atoms with Crippen LogP contribution in [0.5, 0.6) is 0 Å². The molecule has 2 saturated carbocycles. The number of nitrogens with two attached hydrogens (primary N) is 2. The number of halogens is 4. The number of benzene rings is 2. The lowest BCUT2D eigenvalue weighted by Gasteiger charge is -2.23. The van der Waals surface area contributed by atoms with Crippen molar-refractivity contribution < 1.29 is 47.0 Å². The van der Waals surface area contributed by atoms with Gasteiger partial charge in [-0.2, -0.15) is 13.2 Å². The van der Waals surface area contributed by atoms with Gasteiger partial charge in [0.2, 0.25) is 11.8 Å². The molecular formula is C27H32F4N2O6. The lowest BCUT2D eigenvalue weighted by atomic mass is 9.89. The highest BCUT2D eigenvalue weighted by atomic mass is 19.4. The molecule has 2 fully saturated rings. The van der Waals surface area contributed by atoms with E-state index < -0.39 is 42.0 Å². The summed E-state index contributed by atoms with van der Waals surface area (Å²) in [6, 6.07) is 4.35. The van der Waals surface area contributed by atoms with E-state index in [1.54, 1.807) is 0 Å². The topological polar surface area (TPSA) is 161 Å². The summed E-state index contributed by atoms with van der Waals surface area (Å²) in [6.07, 6.45) is 3.91. The van der Waals surface area contributed by atoms with Gasteiger partial charge in [0.1, 0.15) is 6.17 Å². The van der Waals surface area contributed by atoms with Crippen LogP contribution >= 0.6 is 0 Å². The maximum atomic E-state index is 12.2. The molecule has 0 saturated heterocycles. The molecule has 0 atom stereocenters. The van der Waals surface area contributed by atoms with Crippen LogP contribution in [0, 0.1) is 5.92 Å². The number of rotatable bonds is 4. The molecule has 2 aliphatic carbocycles. The molecule has 214 valence electrons. The summed E-state index contributed by atoms with van der Waals surface area (Å²) in [6.45, 7) is 0. The molecule has 39 heavy (non-hydrogen) atoms. The quantitative estimate of drug-likeness (QED) is 0.345. The van der Waals surface area contributed by atoms with E-state index in [0.29, 0.717) is 12.8 Å². The van der Waals surface area contributed by atoms with Crippen molar-refractivity contribution in [1.29, 1.82) is 0 Å². The van der Waals surface area contributed by atoms with Crippen molar-refractivity contribution in [1.82, 2.24) is 0 Å². The van der Waals surface area contributed by atoms with Crippen LogP contribution in [0.4, 0.5) is 17.6 Å². The van der Waals surface area contributed by atoms with Gasteiger partial charge in [0.15, 0.2) is 0 Å². The SMILES string of the molecule is FC(F)(F)C1CCCCC1.FC1CCCCC1.NC(=O)c1ccc(C(=O)O)c2c(C(N)=O)ccc(C(=O)O)c12. The number of carboxylic acid groups (broad SMARTS) is 2. The van der Waals surface area contributed by atoms with Gasteiger partial charge in [-0.25, -0.2) is 14.0 Å². The van der Waals surface area contributed by atoms with Crippen molar-refractivity contribution >= 4 is 34.5 Å². The zero-order valence-corrected chi connectivity index (χ0v) is 21.2. The predicted octanol–water partition coefficient (Wildman–Crippen LogP) is 5.85. The molecule has 2 aromatic carbocycles. The molecule has 0 bridgehead atoms. The predicted molar refractivity (Wildman–Crippen MR) is 136 cm³/mol. The van der Waals surface area contributed by atoms with E-state index in [-0.39, 0.29) is 33.0 Å². The van der Waals surface area contributed by atoms with Gasteiger partial charge in [-0.15, -0.1) is 0 Å².